The number of carbonyl (C=O) groups excluding carboxylic acids is 2. The minimum Gasteiger partial charge on any atom is -0.512 e. The summed E-state index contributed by atoms with van der Waals surface area (Å²) < 4.78 is 0. The first-order valence-corrected chi connectivity index (χ1v) is 4.01. The second kappa shape index (κ2) is 11.0. The SMILES string of the molecule is CC(=O)/C=C(\C)O.CC(=O)/C=C(\C)O.[Fe]. The normalized spacial score (nSPS) is 10.7. The van der Waals surface area contributed by atoms with Gasteiger partial charge in [-0.25, -0.2) is 0 Å². The molecular weight excluding hydrogens is 240 g/mol. The van der Waals surface area contributed by atoms with Gasteiger partial charge in [-0.2, -0.15) is 0 Å². The number of aliphatic hydroxyl groups excluding tert-OH is 2. The number of aliphatic hydroxyl groups is 2. The molecule has 0 spiro atoms. The zero-order valence-electron chi connectivity index (χ0n) is 9.22. The molecular formula is C10H16FeO4. The zero-order chi connectivity index (χ0) is 11.7. The topological polar surface area (TPSA) is 74.6 Å². The largest absolute Gasteiger partial charge is 0.512 e. The molecule has 0 atom stereocenters. The molecule has 0 saturated heterocycles. The number of ketones is 2. The smallest absolute Gasteiger partial charge is 0.155 e. The van der Waals surface area contributed by atoms with Crippen LogP contribution in [-0.4, -0.2) is 21.8 Å². The van der Waals surface area contributed by atoms with Crippen LogP contribution in [0.4, 0.5) is 0 Å². The summed E-state index contributed by atoms with van der Waals surface area (Å²) >= 11 is 0. The summed E-state index contributed by atoms with van der Waals surface area (Å²) in [5, 5.41) is 16.7. The molecule has 0 fully saturated rings. The van der Waals surface area contributed by atoms with Crippen LogP contribution in [0.5, 0.6) is 0 Å². The Labute approximate surface area is 100 Å². The van der Waals surface area contributed by atoms with Crippen molar-refractivity contribution >= 4 is 11.6 Å². The van der Waals surface area contributed by atoms with Crippen LogP contribution in [0.15, 0.2) is 23.7 Å². The molecule has 0 unspecified atom stereocenters. The van der Waals surface area contributed by atoms with Crippen molar-refractivity contribution in [2.75, 3.05) is 0 Å². The van der Waals surface area contributed by atoms with Gasteiger partial charge in [0.15, 0.2) is 11.6 Å². The van der Waals surface area contributed by atoms with Crippen LogP contribution in [0, 0.1) is 0 Å². The third-order valence-corrected chi connectivity index (χ3v) is 0.824. The average molecular weight is 256 g/mol. The van der Waals surface area contributed by atoms with E-state index in [9.17, 15) is 9.59 Å². The minimum atomic E-state index is -0.125. The maximum absolute atomic E-state index is 10.0. The van der Waals surface area contributed by atoms with E-state index in [1.807, 2.05) is 0 Å². The summed E-state index contributed by atoms with van der Waals surface area (Å²) in [6, 6.07) is 0. The van der Waals surface area contributed by atoms with Crippen LogP contribution in [0.1, 0.15) is 27.7 Å². The van der Waals surface area contributed by atoms with Gasteiger partial charge < -0.3 is 10.2 Å². The van der Waals surface area contributed by atoms with Gasteiger partial charge in [0, 0.05) is 29.2 Å². The van der Waals surface area contributed by atoms with E-state index in [0.29, 0.717) is 0 Å². The third kappa shape index (κ3) is 32.2. The van der Waals surface area contributed by atoms with Gasteiger partial charge in [-0.05, 0) is 27.7 Å². The first kappa shape index (κ1) is 19.5. The maximum Gasteiger partial charge on any atom is 0.155 e. The Balaban J connectivity index is -0.000000180. The first-order chi connectivity index (χ1) is 6.25. The number of allylic oxidation sites excluding steroid dienone is 4. The van der Waals surface area contributed by atoms with E-state index in [1.54, 1.807) is 0 Å². The van der Waals surface area contributed by atoms with Gasteiger partial charge in [-0.1, -0.05) is 0 Å². The van der Waals surface area contributed by atoms with Crippen LogP contribution >= 0.6 is 0 Å². The molecule has 15 heavy (non-hydrogen) atoms. The molecule has 2 N–H and O–H groups in total. The van der Waals surface area contributed by atoms with Crippen LogP contribution in [-0.2, 0) is 26.7 Å². The summed E-state index contributed by atoms with van der Waals surface area (Å²) in [7, 11) is 0. The Morgan fingerprint density at radius 1 is 0.800 bits per heavy atom. The number of carbonyl (C=O) groups is 2. The van der Waals surface area contributed by atoms with Crippen molar-refractivity contribution in [3.05, 3.63) is 23.7 Å². The molecule has 0 aromatic rings. The third-order valence-electron chi connectivity index (χ3n) is 0.824. The van der Waals surface area contributed by atoms with Crippen molar-refractivity contribution in [1.82, 2.24) is 0 Å². The minimum absolute atomic E-state index is 0. The van der Waals surface area contributed by atoms with Crippen molar-refractivity contribution < 1.29 is 36.9 Å². The molecule has 4 nitrogen and oxygen atoms in total. The molecule has 0 aromatic carbocycles. The molecule has 0 rings (SSSR count). The maximum atomic E-state index is 10.0. The predicted molar refractivity (Wildman–Crippen MR) is 54.1 cm³/mol. The molecule has 5 heteroatoms. The van der Waals surface area contributed by atoms with E-state index in [0.717, 1.165) is 0 Å². The second-order valence-corrected chi connectivity index (χ2v) is 2.79. The van der Waals surface area contributed by atoms with E-state index >= 15 is 0 Å². The molecule has 0 aromatic heterocycles. The van der Waals surface area contributed by atoms with Gasteiger partial charge in [0.25, 0.3) is 0 Å². The number of rotatable bonds is 2. The Bertz CT molecular complexity index is 231. The van der Waals surface area contributed by atoms with Gasteiger partial charge in [-0.15, -0.1) is 0 Å². The van der Waals surface area contributed by atoms with Crippen molar-refractivity contribution in [3.8, 4) is 0 Å². The fourth-order valence-electron chi connectivity index (χ4n) is 0.588. The summed E-state index contributed by atoms with van der Waals surface area (Å²) in [5.41, 5.74) is 0. The quantitative estimate of drug-likeness (QED) is 0.450. The van der Waals surface area contributed by atoms with Gasteiger partial charge in [0.1, 0.15) is 0 Å². The average Bonchev–Trinajstić information content (AvgIpc) is 1.79. The molecule has 0 aliphatic heterocycles. The zero-order valence-corrected chi connectivity index (χ0v) is 10.3. The summed E-state index contributed by atoms with van der Waals surface area (Å²) in [6.07, 6.45) is 2.33. The van der Waals surface area contributed by atoms with Crippen LogP contribution in [0.2, 0.25) is 0 Å². The Morgan fingerprint density at radius 3 is 1.00 bits per heavy atom. The first-order valence-electron chi connectivity index (χ1n) is 4.01. The fourth-order valence-corrected chi connectivity index (χ4v) is 0.588. The van der Waals surface area contributed by atoms with Crippen molar-refractivity contribution in [2.24, 2.45) is 0 Å². The summed E-state index contributed by atoms with van der Waals surface area (Å²) in [6.45, 7) is 5.70. The van der Waals surface area contributed by atoms with Crippen LogP contribution in [0.3, 0.4) is 0 Å². The summed E-state index contributed by atoms with van der Waals surface area (Å²) in [4.78, 5) is 20.0. The molecule has 0 saturated carbocycles. The van der Waals surface area contributed by atoms with Crippen molar-refractivity contribution in [2.45, 2.75) is 27.7 Å². The van der Waals surface area contributed by atoms with Crippen LogP contribution in [0.25, 0.3) is 0 Å². The van der Waals surface area contributed by atoms with E-state index in [2.05, 4.69) is 0 Å². The van der Waals surface area contributed by atoms with Gasteiger partial charge in [0.2, 0.25) is 0 Å². The molecule has 0 amide bonds. The Morgan fingerprint density at radius 2 is 1.00 bits per heavy atom. The van der Waals surface area contributed by atoms with E-state index < -0.39 is 0 Å². The second-order valence-electron chi connectivity index (χ2n) is 2.79. The predicted octanol–water partition coefficient (Wildman–Crippen LogP) is 2.07. The monoisotopic (exact) mass is 256 g/mol. The van der Waals surface area contributed by atoms with Gasteiger partial charge in [0.05, 0.1) is 11.5 Å². The standard InChI is InChI=1S/2C5H8O2.Fe/c2*1-4(6)3-5(2)7;/h2*3,6H,1-2H3;/b2*4-3+;. The van der Waals surface area contributed by atoms with Gasteiger partial charge >= 0.3 is 0 Å². The fraction of sp³-hybridized carbons (Fsp3) is 0.400. The van der Waals surface area contributed by atoms with Gasteiger partial charge in [-0.3, -0.25) is 9.59 Å². The molecule has 0 bridgehead atoms. The van der Waals surface area contributed by atoms with Crippen molar-refractivity contribution in [1.29, 1.82) is 0 Å². The van der Waals surface area contributed by atoms with Crippen LogP contribution < -0.4 is 0 Å². The molecule has 0 radical (unpaired) electrons. The number of hydrogen-bond acceptors (Lipinski definition) is 4. The molecule has 88 valence electrons. The van der Waals surface area contributed by atoms with E-state index in [4.69, 9.17) is 10.2 Å². The Kier molecular flexibility index (Phi) is 14.3. The Hall–Kier alpha value is -1.06. The van der Waals surface area contributed by atoms with E-state index in [1.165, 1.54) is 39.8 Å². The molecule has 0 heterocycles. The molecule has 0 aliphatic rings. The summed E-state index contributed by atoms with van der Waals surface area (Å²) in [5.74, 6) is -0.125. The number of hydrogen-bond donors (Lipinski definition) is 2. The van der Waals surface area contributed by atoms with E-state index in [-0.39, 0.29) is 40.2 Å². The van der Waals surface area contributed by atoms with Crippen molar-refractivity contribution in [3.63, 3.8) is 0 Å². The molecule has 0 aliphatic carbocycles.